The van der Waals surface area contributed by atoms with Crippen LogP contribution in [0, 0.1) is 5.82 Å². The van der Waals surface area contributed by atoms with E-state index in [1.54, 1.807) is 6.07 Å². The molecule has 0 bridgehead atoms. The molecule has 1 saturated carbocycles. The predicted molar refractivity (Wildman–Crippen MR) is 82.0 cm³/mol. The molecule has 0 spiro atoms. The van der Waals surface area contributed by atoms with Crippen LogP contribution in [0.15, 0.2) is 18.2 Å². The zero-order chi connectivity index (χ0) is 14.7. The van der Waals surface area contributed by atoms with Gasteiger partial charge in [-0.05, 0) is 43.7 Å². The molecule has 0 amide bonds. The van der Waals surface area contributed by atoms with Crippen molar-refractivity contribution in [3.8, 4) is 0 Å². The van der Waals surface area contributed by atoms with E-state index < -0.39 is 0 Å². The summed E-state index contributed by atoms with van der Waals surface area (Å²) in [6, 6.07) is 4.58. The van der Waals surface area contributed by atoms with Gasteiger partial charge in [-0.3, -0.25) is 4.90 Å². The van der Waals surface area contributed by atoms with Crippen molar-refractivity contribution < 1.29 is 9.50 Å². The molecule has 2 unspecified atom stereocenters. The van der Waals surface area contributed by atoms with E-state index in [4.69, 9.17) is 18.0 Å². The van der Waals surface area contributed by atoms with Gasteiger partial charge in [-0.1, -0.05) is 25.1 Å². The summed E-state index contributed by atoms with van der Waals surface area (Å²) in [6.07, 6.45) is 3.69. The highest BCUT2D eigenvalue weighted by molar-refractivity contribution is 7.80. The Labute approximate surface area is 124 Å². The number of benzene rings is 1. The fraction of sp³-hybridized carbons (Fsp3) is 0.533. The van der Waals surface area contributed by atoms with Crippen LogP contribution in [-0.4, -0.2) is 34.2 Å². The zero-order valence-corrected chi connectivity index (χ0v) is 12.5. The van der Waals surface area contributed by atoms with Crippen molar-refractivity contribution in [2.75, 3.05) is 7.05 Å². The van der Waals surface area contributed by atoms with Gasteiger partial charge >= 0.3 is 0 Å². The molecule has 1 fully saturated rings. The van der Waals surface area contributed by atoms with Crippen molar-refractivity contribution in [2.45, 2.75) is 44.4 Å². The molecule has 20 heavy (non-hydrogen) atoms. The smallest absolute Gasteiger partial charge is 0.123 e. The van der Waals surface area contributed by atoms with Crippen LogP contribution in [-0.2, 0) is 6.54 Å². The van der Waals surface area contributed by atoms with Crippen molar-refractivity contribution in [3.63, 3.8) is 0 Å². The Bertz CT molecular complexity index is 495. The lowest BCUT2D eigenvalue weighted by Crippen LogP contribution is -2.43. The van der Waals surface area contributed by atoms with Gasteiger partial charge in [0, 0.05) is 18.2 Å². The molecule has 1 aromatic rings. The highest BCUT2D eigenvalue weighted by Gasteiger charge is 2.27. The Balaban J connectivity index is 2.16. The molecule has 0 aliphatic heterocycles. The minimum Gasteiger partial charge on any atom is -0.391 e. The van der Waals surface area contributed by atoms with E-state index in [0.717, 1.165) is 31.2 Å². The Morgan fingerprint density at radius 2 is 2.15 bits per heavy atom. The normalized spacial score (nSPS) is 23.0. The molecule has 2 atom stereocenters. The van der Waals surface area contributed by atoms with Gasteiger partial charge in [0.1, 0.15) is 10.8 Å². The van der Waals surface area contributed by atoms with E-state index >= 15 is 0 Å². The molecule has 110 valence electrons. The lowest BCUT2D eigenvalue weighted by molar-refractivity contribution is 0.0288. The lowest BCUT2D eigenvalue weighted by atomic mass is 9.91. The maximum atomic E-state index is 13.4. The third-order valence-corrected chi connectivity index (χ3v) is 4.23. The third-order valence-electron chi connectivity index (χ3n) is 4.01. The van der Waals surface area contributed by atoms with Crippen molar-refractivity contribution in [3.05, 3.63) is 35.1 Å². The maximum absolute atomic E-state index is 13.4. The molecule has 1 aliphatic rings. The molecule has 2 rings (SSSR count). The summed E-state index contributed by atoms with van der Waals surface area (Å²) in [4.78, 5) is 2.35. The van der Waals surface area contributed by atoms with Crippen LogP contribution in [0.25, 0.3) is 0 Å². The first-order chi connectivity index (χ1) is 9.49. The maximum Gasteiger partial charge on any atom is 0.123 e. The average Bonchev–Trinajstić information content (AvgIpc) is 2.38. The zero-order valence-electron chi connectivity index (χ0n) is 11.7. The first kappa shape index (κ1) is 15.4. The Hall–Kier alpha value is -1.04. The van der Waals surface area contributed by atoms with E-state index in [-0.39, 0.29) is 23.0 Å². The van der Waals surface area contributed by atoms with Crippen LogP contribution < -0.4 is 5.73 Å². The first-order valence-electron chi connectivity index (χ1n) is 6.95. The first-order valence-corrected chi connectivity index (χ1v) is 7.36. The number of nitrogens with zero attached hydrogens (tertiary/aromatic N) is 1. The summed E-state index contributed by atoms with van der Waals surface area (Å²) in [5.74, 6) is -0.294. The molecule has 0 heterocycles. The number of nitrogens with two attached hydrogens (primary N) is 1. The highest BCUT2D eigenvalue weighted by atomic mass is 32.1. The summed E-state index contributed by atoms with van der Waals surface area (Å²) in [7, 11) is 1.95. The van der Waals surface area contributed by atoms with Crippen molar-refractivity contribution in [1.82, 2.24) is 4.90 Å². The molecule has 5 heteroatoms. The molecule has 1 aliphatic carbocycles. The topological polar surface area (TPSA) is 49.5 Å². The molecule has 0 aromatic heterocycles. The van der Waals surface area contributed by atoms with E-state index in [0.29, 0.717) is 12.1 Å². The SMILES string of the molecule is CN(Cc1cc(F)ccc1C(N)=S)C1CCCCC1O. The van der Waals surface area contributed by atoms with Crippen LogP contribution in [0.4, 0.5) is 4.39 Å². The third kappa shape index (κ3) is 3.53. The quantitative estimate of drug-likeness (QED) is 0.836. The number of aliphatic hydroxyl groups is 1. The van der Waals surface area contributed by atoms with Crippen LogP contribution in [0.5, 0.6) is 0 Å². The lowest BCUT2D eigenvalue weighted by Gasteiger charge is -2.35. The van der Waals surface area contributed by atoms with Crippen LogP contribution in [0.1, 0.15) is 36.8 Å². The second-order valence-corrected chi connectivity index (χ2v) is 5.94. The minimum absolute atomic E-state index is 0.117. The summed E-state index contributed by atoms with van der Waals surface area (Å²) in [5.41, 5.74) is 7.17. The van der Waals surface area contributed by atoms with Crippen LogP contribution in [0.2, 0.25) is 0 Å². The van der Waals surface area contributed by atoms with Gasteiger partial charge in [-0.2, -0.15) is 0 Å². The number of aliphatic hydroxyl groups excluding tert-OH is 1. The van der Waals surface area contributed by atoms with Crippen molar-refractivity contribution in [1.29, 1.82) is 0 Å². The molecule has 3 N–H and O–H groups in total. The highest BCUT2D eigenvalue weighted by Crippen LogP contribution is 2.24. The largest absolute Gasteiger partial charge is 0.391 e. The Morgan fingerprint density at radius 3 is 2.80 bits per heavy atom. The average molecular weight is 296 g/mol. The fourth-order valence-electron chi connectivity index (χ4n) is 2.93. The fourth-order valence-corrected chi connectivity index (χ4v) is 3.12. The van der Waals surface area contributed by atoms with E-state index in [2.05, 4.69) is 4.90 Å². The van der Waals surface area contributed by atoms with Gasteiger partial charge in [0.2, 0.25) is 0 Å². The molecular weight excluding hydrogens is 275 g/mol. The number of rotatable bonds is 4. The van der Waals surface area contributed by atoms with Gasteiger partial charge in [0.25, 0.3) is 0 Å². The van der Waals surface area contributed by atoms with E-state index in [1.165, 1.54) is 12.1 Å². The Kier molecular flexibility index (Phi) is 5.07. The van der Waals surface area contributed by atoms with Gasteiger partial charge in [-0.15, -0.1) is 0 Å². The van der Waals surface area contributed by atoms with Crippen LogP contribution in [0.3, 0.4) is 0 Å². The summed E-state index contributed by atoms with van der Waals surface area (Å²) >= 11 is 5.01. The van der Waals surface area contributed by atoms with Crippen molar-refractivity contribution in [2.24, 2.45) is 5.73 Å². The van der Waals surface area contributed by atoms with E-state index in [9.17, 15) is 9.50 Å². The predicted octanol–water partition coefficient (Wildman–Crippen LogP) is 2.20. The molecule has 0 radical (unpaired) electrons. The summed E-state index contributed by atoms with van der Waals surface area (Å²) < 4.78 is 13.4. The second-order valence-electron chi connectivity index (χ2n) is 5.50. The standard InChI is InChI=1S/C15H21FN2OS/c1-18(13-4-2-3-5-14(13)19)9-10-8-11(16)6-7-12(10)15(17)20/h6-8,13-14,19H,2-5,9H2,1H3,(H2,17,20). The molecule has 1 aromatic carbocycles. The van der Waals surface area contributed by atoms with Crippen molar-refractivity contribution >= 4 is 17.2 Å². The number of likely N-dealkylation sites (N-methyl/N-ethyl adjacent to an activating group) is 1. The number of halogens is 1. The number of thiocarbonyl (C=S) groups is 1. The molecule has 0 saturated heterocycles. The summed E-state index contributed by atoms with van der Waals surface area (Å²) in [5, 5.41) is 10.1. The molecular formula is C15H21FN2OS. The second kappa shape index (κ2) is 6.61. The van der Waals surface area contributed by atoms with Gasteiger partial charge in [0.05, 0.1) is 6.10 Å². The Morgan fingerprint density at radius 1 is 1.45 bits per heavy atom. The monoisotopic (exact) mass is 296 g/mol. The number of hydrogen-bond acceptors (Lipinski definition) is 3. The summed E-state index contributed by atoms with van der Waals surface area (Å²) in [6.45, 7) is 0.534. The van der Waals surface area contributed by atoms with Gasteiger partial charge < -0.3 is 10.8 Å². The van der Waals surface area contributed by atoms with Crippen LogP contribution >= 0.6 is 12.2 Å². The van der Waals surface area contributed by atoms with Gasteiger partial charge in [-0.25, -0.2) is 4.39 Å². The minimum atomic E-state index is -0.310. The number of hydrogen-bond donors (Lipinski definition) is 2. The van der Waals surface area contributed by atoms with E-state index in [1.807, 2.05) is 7.05 Å². The van der Waals surface area contributed by atoms with Gasteiger partial charge in [0.15, 0.2) is 0 Å². The molecule has 3 nitrogen and oxygen atoms in total.